The minimum absolute atomic E-state index is 0.0730. The third-order valence-corrected chi connectivity index (χ3v) is 3.31. The molecule has 1 aliphatic heterocycles. The predicted molar refractivity (Wildman–Crippen MR) is 68.3 cm³/mol. The standard InChI is InChI=1S/C11H14BrN3O2/c12-8-5-10(7-13-6-8)15-3-1-9(2-4-15)14-11(16)17/h5-7,9,14H,1-4H2,(H,16,17). The number of hydrogen-bond donors (Lipinski definition) is 2. The highest BCUT2D eigenvalue weighted by molar-refractivity contribution is 9.10. The van der Waals surface area contributed by atoms with Gasteiger partial charge in [-0.05, 0) is 34.8 Å². The van der Waals surface area contributed by atoms with Crippen LogP contribution >= 0.6 is 15.9 Å². The van der Waals surface area contributed by atoms with E-state index in [1.54, 1.807) is 6.20 Å². The van der Waals surface area contributed by atoms with Gasteiger partial charge in [-0.3, -0.25) is 4.98 Å². The van der Waals surface area contributed by atoms with Crippen molar-refractivity contribution in [3.8, 4) is 0 Å². The summed E-state index contributed by atoms with van der Waals surface area (Å²) in [6.07, 6.45) is 4.31. The summed E-state index contributed by atoms with van der Waals surface area (Å²) in [6, 6.07) is 2.10. The van der Waals surface area contributed by atoms with E-state index in [0.717, 1.165) is 36.1 Å². The molecule has 0 saturated carbocycles. The number of hydrogen-bond acceptors (Lipinski definition) is 3. The minimum atomic E-state index is -0.937. The van der Waals surface area contributed by atoms with Crippen molar-refractivity contribution in [1.29, 1.82) is 0 Å². The SMILES string of the molecule is O=C(O)NC1CCN(c2cncc(Br)c2)CC1. The molecule has 1 aromatic rings. The molecule has 2 heterocycles. The summed E-state index contributed by atoms with van der Waals surface area (Å²) in [7, 11) is 0. The van der Waals surface area contributed by atoms with E-state index in [4.69, 9.17) is 5.11 Å². The fraction of sp³-hybridized carbons (Fsp3) is 0.455. The zero-order valence-electron chi connectivity index (χ0n) is 9.27. The highest BCUT2D eigenvalue weighted by Crippen LogP contribution is 2.22. The van der Waals surface area contributed by atoms with Gasteiger partial charge in [-0.2, -0.15) is 0 Å². The highest BCUT2D eigenvalue weighted by Gasteiger charge is 2.20. The molecule has 0 spiro atoms. The fourth-order valence-corrected chi connectivity index (χ4v) is 2.38. The predicted octanol–water partition coefficient (Wildman–Crippen LogP) is 2.08. The molecule has 1 amide bonds. The van der Waals surface area contributed by atoms with Crippen LogP contribution in [0, 0.1) is 0 Å². The number of halogens is 1. The van der Waals surface area contributed by atoms with Gasteiger partial charge in [-0.15, -0.1) is 0 Å². The van der Waals surface area contributed by atoms with E-state index in [0.29, 0.717) is 0 Å². The molecule has 92 valence electrons. The van der Waals surface area contributed by atoms with Gasteiger partial charge in [0.15, 0.2) is 0 Å². The van der Waals surface area contributed by atoms with Gasteiger partial charge in [0.05, 0.1) is 11.9 Å². The number of piperidine rings is 1. The average Bonchev–Trinajstić information content (AvgIpc) is 2.29. The Labute approximate surface area is 108 Å². The van der Waals surface area contributed by atoms with Crippen LogP contribution in [0.2, 0.25) is 0 Å². The Morgan fingerprint density at radius 2 is 2.18 bits per heavy atom. The van der Waals surface area contributed by atoms with Crippen LogP contribution in [0.15, 0.2) is 22.9 Å². The second kappa shape index (κ2) is 5.35. The van der Waals surface area contributed by atoms with Gasteiger partial charge < -0.3 is 15.3 Å². The number of pyridine rings is 1. The van der Waals surface area contributed by atoms with Crippen molar-refractivity contribution in [3.63, 3.8) is 0 Å². The summed E-state index contributed by atoms with van der Waals surface area (Å²) in [5, 5.41) is 11.2. The van der Waals surface area contributed by atoms with Crippen LogP contribution in [-0.4, -0.2) is 35.3 Å². The van der Waals surface area contributed by atoms with Crippen molar-refractivity contribution in [2.24, 2.45) is 0 Å². The highest BCUT2D eigenvalue weighted by atomic mass is 79.9. The van der Waals surface area contributed by atoms with Crippen LogP contribution < -0.4 is 10.2 Å². The third-order valence-electron chi connectivity index (χ3n) is 2.88. The first-order chi connectivity index (χ1) is 8.15. The van der Waals surface area contributed by atoms with E-state index in [9.17, 15) is 4.79 Å². The summed E-state index contributed by atoms with van der Waals surface area (Å²) < 4.78 is 0.959. The zero-order valence-corrected chi connectivity index (χ0v) is 10.9. The summed E-state index contributed by atoms with van der Waals surface area (Å²) in [5.41, 5.74) is 1.08. The molecule has 1 fully saturated rings. The molecule has 0 aliphatic carbocycles. The second-order valence-electron chi connectivity index (χ2n) is 4.07. The molecule has 0 atom stereocenters. The topological polar surface area (TPSA) is 65.5 Å². The largest absolute Gasteiger partial charge is 0.465 e. The van der Waals surface area contributed by atoms with Gasteiger partial charge in [0.25, 0.3) is 0 Å². The lowest BCUT2D eigenvalue weighted by atomic mass is 10.0. The lowest BCUT2D eigenvalue weighted by Crippen LogP contribution is -2.44. The monoisotopic (exact) mass is 299 g/mol. The van der Waals surface area contributed by atoms with Gasteiger partial charge in [0.1, 0.15) is 0 Å². The Balaban J connectivity index is 1.93. The van der Waals surface area contributed by atoms with Crippen molar-refractivity contribution in [1.82, 2.24) is 10.3 Å². The molecule has 0 bridgehead atoms. The van der Waals surface area contributed by atoms with Crippen molar-refractivity contribution in [2.45, 2.75) is 18.9 Å². The van der Waals surface area contributed by atoms with Crippen molar-refractivity contribution in [3.05, 3.63) is 22.9 Å². The number of nitrogens with one attached hydrogen (secondary N) is 1. The van der Waals surface area contributed by atoms with Crippen LogP contribution in [0.5, 0.6) is 0 Å². The molecule has 0 radical (unpaired) electrons. The van der Waals surface area contributed by atoms with Crippen LogP contribution in [0.1, 0.15) is 12.8 Å². The smallest absolute Gasteiger partial charge is 0.404 e. The van der Waals surface area contributed by atoms with Crippen LogP contribution in [0.3, 0.4) is 0 Å². The van der Waals surface area contributed by atoms with Crippen LogP contribution in [0.4, 0.5) is 10.5 Å². The number of carbonyl (C=O) groups is 1. The molecule has 1 saturated heterocycles. The maximum atomic E-state index is 10.5. The maximum absolute atomic E-state index is 10.5. The fourth-order valence-electron chi connectivity index (χ4n) is 2.03. The lowest BCUT2D eigenvalue weighted by molar-refractivity contribution is 0.187. The lowest BCUT2D eigenvalue weighted by Gasteiger charge is -2.33. The molecule has 5 nitrogen and oxygen atoms in total. The summed E-state index contributed by atoms with van der Waals surface area (Å²) in [5.74, 6) is 0. The van der Waals surface area contributed by atoms with E-state index >= 15 is 0 Å². The Bertz CT molecular complexity index is 405. The summed E-state index contributed by atoms with van der Waals surface area (Å²) in [6.45, 7) is 1.70. The molecule has 6 heteroatoms. The Morgan fingerprint density at radius 1 is 1.47 bits per heavy atom. The van der Waals surface area contributed by atoms with Gasteiger partial charge in [-0.1, -0.05) is 0 Å². The van der Waals surface area contributed by atoms with E-state index in [-0.39, 0.29) is 6.04 Å². The molecule has 2 N–H and O–H groups in total. The normalized spacial score (nSPS) is 16.9. The molecular weight excluding hydrogens is 286 g/mol. The number of aromatic nitrogens is 1. The Hall–Kier alpha value is -1.30. The second-order valence-corrected chi connectivity index (χ2v) is 4.99. The van der Waals surface area contributed by atoms with Crippen molar-refractivity contribution < 1.29 is 9.90 Å². The van der Waals surface area contributed by atoms with E-state index in [2.05, 4.69) is 31.1 Å². The van der Waals surface area contributed by atoms with Crippen LogP contribution in [-0.2, 0) is 0 Å². The Kier molecular flexibility index (Phi) is 3.83. The summed E-state index contributed by atoms with van der Waals surface area (Å²) in [4.78, 5) is 16.9. The molecular formula is C11H14BrN3O2. The van der Waals surface area contributed by atoms with Crippen LogP contribution in [0.25, 0.3) is 0 Å². The molecule has 17 heavy (non-hydrogen) atoms. The van der Waals surface area contributed by atoms with Gasteiger partial charge in [0, 0.05) is 29.8 Å². The average molecular weight is 300 g/mol. The maximum Gasteiger partial charge on any atom is 0.404 e. The van der Waals surface area contributed by atoms with Gasteiger partial charge >= 0.3 is 6.09 Å². The minimum Gasteiger partial charge on any atom is -0.465 e. The number of nitrogens with zero attached hydrogens (tertiary/aromatic N) is 2. The third kappa shape index (κ3) is 3.33. The summed E-state index contributed by atoms with van der Waals surface area (Å²) >= 11 is 3.39. The first kappa shape index (κ1) is 12.2. The van der Waals surface area contributed by atoms with Gasteiger partial charge in [-0.25, -0.2) is 4.79 Å². The van der Waals surface area contributed by atoms with Gasteiger partial charge in [0.2, 0.25) is 0 Å². The molecule has 2 rings (SSSR count). The molecule has 1 aliphatic rings. The number of rotatable bonds is 2. The number of anilines is 1. The van der Waals surface area contributed by atoms with E-state index < -0.39 is 6.09 Å². The number of carboxylic acid groups (broad SMARTS) is 1. The van der Waals surface area contributed by atoms with E-state index in [1.807, 2.05) is 12.3 Å². The van der Waals surface area contributed by atoms with Crippen molar-refractivity contribution in [2.75, 3.05) is 18.0 Å². The first-order valence-electron chi connectivity index (χ1n) is 5.50. The quantitative estimate of drug-likeness (QED) is 0.877. The molecule has 0 aromatic carbocycles. The zero-order chi connectivity index (χ0) is 12.3. The number of amides is 1. The Morgan fingerprint density at radius 3 is 2.76 bits per heavy atom. The van der Waals surface area contributed by atoms with E-state index in [1.165, 1.54) is 0 Å². The molecule has 0 unspecified atom stereocenters. The first-order valence-corrected chi connectivity index (χ1v) is 6.29. The van der Waals surface area contributed by atoms with Crippen molar-refractivity contribution >= 4 is 27.7 Å². The molecule has 1 aromatic heterocycles.